The Bertz CT molecular complexity index is 620. The van der Waals surface area contributed by atoms with E-state index in [4.69, 9.17) is 9.47 Å². The van der Waals surface area contributed by atoms with Gasteiger partial charge in [0.05, 0.1) is 24.8 Å². The van der Waals surface area contributed by atoms with E-state index in [1.807, 2.05) is 20.8 Å². The third-order valence-corrected chi connectivity index (χ3v) is 3.98. The Morgan fingerprint density at radius 2 is 1.90 bits per heavy atom. The number of hydrogen-bond donors (Lipinski definition) is 1. The molecule has 0 spiro atoms. The fourth-order valence-electron chi connectivity index (χ4n) is 2.09. The molecule has 0 saturated heterocycles. The predicted molar refractivity (Wildman–Crippen MR) is 82.2 cm³/mol. The monoisotopic (exact) mass is 308 g/mol. The van der Waals surface area contributed by atoms with Crippen molar-refractivity contribution in [1.82, 2.24) is 9.59 Å². The summed E-state index contributed by atoms with van der Waals surface area (Å²) in [7, 11) is 3.17. The standard InChI is InChI=1S/C15H20N2O3S/c1-15(2,3)14-13(21-17-16-14)12(18)10-8-9(19-4)6-7-11(10)20-5/h6-8,12,18H,1-5H3. The summed E-state index contributed by atoms with van der Waals surface area (Å²) in [5, 5.41) is 14.9. The maximum absolute atomic E-state index is 10.8. The minimum atomic E-state index is -0.843. The van der Waals surface area contributed by atoms with E-state index in [-0.39, 0.29) is 5.41 Å². The molecule has 0 fully saturated rings. The van der Waals surface area contributed by atoms with Gasteiger partial charge in [-0.15, -0.1) is 5.10 Å². The second kappa shape index (κ2) is 5.99. The average Bonchev–Trinajstić information content (AvgIpc) is 2.95. The number of nitrogens with zero attached hydrogens (tertiary/aromatic N) is 2. The van der Waals surface area contributed by atoms with E-state index < -0.39 is 6.10 Å². The van der Waals surface area contributed by atoms with E-state index in [0.29, 0.717) is 17.1 Å². The van der Waals surface area contributed by atoms with E-state index in [1.54, 1.807) is 32.4 Å². The lowest BCUT2D eigenvalue weighted by molar-refractivity contribution is 0.215. The van der Waals surface area contributed by atoms with Crippen LogP contribution in [0.1, 0.15) is 43.0 Å². The van der Waals surface area contributed by atoms with E-state index >= 15 is 0 Å². The summed E-state index contributed by atoms with van der Waals surface area (Å²) in [6.07, 6.45) is -0.843. The van der Waals surface area contributed by atoms with Gasteiger partial charge in [0.25, 0.3) is 0 Å². The molecule has 21 heavy (non-hydrogen) atoms. The SMILES string of the molecule is COc1ccc(OC)c(C(O)c2snnc2C(C)(C)C)c1. The first-order chi connectivity index (χ1) is 9.88. The van der Waals surface area contributed by atoms with Crippen LogP contribution in [0.4, 0.5) is 0 Å². The Hall–Kier alpha value is -1.66. The smallest absolute Gasteiger partial charge is 0.125 e. The van der Waals surface area contributed by atoms with E-state index in [2.05, 4.69) is 9.59 Å². The number of ether oxygens (including phenoxy) is 2. The van der Waals surface area contributed by atoms with Crippen LogP contribution < -0.4 is 9.47 Å². The van der Waals surface area contributed by atoms with Crippen LogP contribution in [-0.2, 0) is 5.41 Å². The van der Waals surface area contributed by atoms with Crippen molar-refractivity contribution in [3.8, 4) is 11.5 Å². The zero-order chi connectivity index (χ0) is 15.6. The summed E-state index contributed by atoms with van der Waals surface area (Å²) in [5.41, 5.74) is 1.26. The summed E-state index contributed by atoms with van der Waals surface area (Å²) in [4.78, 5) is 0.731. The first-order valence-corrected chi connectivity index (χ1v) is 7.38. The number of hydrogen-bond acceptors (Lipinski definition) is 6. The third-order valence-electron chi connectivity index (χ3n) is 3.20. The molecule has 0 radical (unpaired) electrons. The molecule has 0 aliphatic heterocycles. The van der Waals surface area contributed by atoms with Gasteiger partial charge in [0, 0.05) is 11.0 Å². The molecule has 1 unspecified atom stereocenters. The molecule has 1 aromatic carbocycles. The van der Waals surface area contributed by atoms with Gasteiger partial charge in [0.2, 0.25) is 0 Å². The van der Waals surface area contributed by atoms with Gasteiger partial charge in [-0.25, -0.2) is 0 Å². The Morgan fingerprint density at radius 3 is 2.48 bits per heavy atom. The van der Waals surface area contributed by atoms with Crippen LogP contribution in [0.25, 0.3) is 0 Å². The first-order valence-electron chi connectivity index (χ1n) is 6.61. The number of aliphatic hydroxyl groups is 1. The molecule has 1 heterocycles. The van der Waals surface area contributed by atoms with E-state index in [9.17, 15) is 5.11 Å². The molecule has 0 aliphatic rings. The Morgan fingerprint density at radius 1 is 1.19 bits per heavy atom. The maximum Gasteiger partial charge on any atom is 0.125 e. The molecule has 0 amide bonds. The van der Waals surface area contributed by atoms with Crippen LogP contribution in [0.15, 0.2) is 18.2 Å². The van der Waals surface area contributed by atoms with Gasteiger partial charge in [-0.1, -0.05) is 25.3 Å². The fraction of sp³-hybridized carbons (Fsp3) is 0.467. The second-order valence-corrected chi connectivity index (χ2v) is 6.53. The van der Waals surface area contributed by atoms with Gasteiger partial charge in [-0.3, -0.25) is 0 Å². The molecule has 1 atom stereocenters. The van der Waals surface area contributed by atoms with Crippen molar-refractivity contribution in [3.05, 3.63) is 34.3 Å². The molecule has 5 nitrogen and oxygen atoms in total. The molecule has 2 aromatic rings. The largest absolute Gasteiger partial charge is 0.497 e. The molecule has 2 rings (SSSR count). The van der Waals surface area contributed by atoms with Crippen LogP contribution in [0.3, 0.4) is 0 Å². The minimum Gasteiger partial charge on any atom is -0.497 e. The van der Waals surface area contributed by atoms with Gasteiger partial charge in [0.1, 0.15) is 17.6 Å². The molecule has 1 aromatic heterocycles. The summed E-state index contributed by atoms with van der Waals surface area (Å²) in [5.74, 6) is 1.27. The number of rotatable bonds is 4. The number of aliphatic hydroxyl groups excluding tert-OH is 1. The zero-order valence-electron chi connectivity index (χ0n) is 12.9. The summed E-state index contributed by atoms with van der Waals surface area (Å²) in [6, 6.07) is 5.35. The zero-order valence-corrected chi connectivity index (χ0v) is 13.7. The fourth-order valence-corrected chi connectivity index (χ4v) is 2.96. The molecule has 114 valence electrons. The topological polar surface area (TPSA) is 64.5 Å². The van der Waals surface area contributed by atoms with Crippen molar-refractivity contribution in [2.24, 2.45) is 0 Å². The molecule has 0 bridgehead atoms. The highest BCUT2D eigenvalue weighted by atomic mass is 32.1. The van der Waals surface area contributed by atoms with Crippen LogP contribution in [0.2, 0.25) is 0 Å². The van der Waals surface area contributed by atoms with Gasteiger partial charge in [-0.05, 0) is 29.7 Å². The number of methoxy groups -OCH3 is 2. The number of benzene rings is 1. The van der Waals surface area contributed by atoms with Gasteiger partial charge < -0.3 is 14.6 Å². The molecular weight excluding hydrogens is 288 g/mol. The Kier molecular flexibility index (Phi) is 4.49. The highest BCUT2D eigenvalue weighted by molar-refractivity contribution is 7.05. The van der Waals surface area contributed by atoms with Crippen LogP contribution >= 0.6 is 11.5 Å². The average molecular weight is 308 g/mol. The lowest BCUT2D eigenvalue weighted by atomic mass is 9.89. The van der Waals surface area contributed by atoms with Crippen molar-refractivity contribution in [2.75, 3.05) is 14.2 Å². The van der Waals surface area contributed by atoms with Crippen LogP contribution in [-0.4, -0.2) is 28.9 Å². The molecular formula is C15H20N2O3S. The van der Waals surface area contributed by atoms with Crippen molar-refractivity contribution in [2.45, 2.75) is 32.3 Å². The summed E-state index contributed by atoms with van der Waals surface area (Å²) in [6.45, 7) is 6.13. The maximum atomic E-state index is 10.8. The van der Waals surface area contributed by atoms with Gasteiger partial charge in [0.15, 0.2) is 0 Å². The van der Waals surface area contributed by atoms with E-state index in [1.165, 1.54) is 11.5 Å². The predicted octanol–water partition coefficient (Wildman–Crippen LogP) is 2.93. The molecule has 0 aliphatic carbocycles. The quantitative estimate of drug-likeness (QED) is 0.941. The van der Waals surface area contributed by atoms with Crippen molar-refractivity contribution in [3.63, 3.8) is 0 Å². The van der Waals surface area contributed by atoms with Gasteiger partial charge >= 0.3 is 0 Å². The van der Waals surface area contributed by atoms with Crippen molar-refractivity contribution >= 4 is 11.5 Å². The van der Waals surface area contributed by atoms with Crippen LogP contribution in [0, 0.1) is 0 Å². The van der Waals surface area contributed by atoms with Crippen molar-refractivity contribution < 1.29 is 14.6 Å². The Balaban J connectivity index is 2.49. The van der Waals surface area contributed by atoms with Crippen LogP contribution in [0.5, 0.6) is 11.5 Å². The molecule has 1 N–H and O–H groups in total. The van der Waals surface area contributed by atoms with E-state index in [0.717, 1.165) is 10.6 Å². The molecule has 0 saturated carbocycles. The second-order valence-electron chi connectivity index (χ2n) is 5.75. The highest BCUT2D eigenvalue weighted by Gasteiger charge is 2.28. The van der Waals surface area contributed by atoms with Crippen molar-refractivity contribution in [1.29, 1.82) is 0 Å². The Labute approximate surface area is 128 Å². The molecule has 6 heteroatoms. The lowest BCUT2D eigenvalue weighted by Gasteiger charge is -2.20. The lowest BCUT2D eigenvalue weighted by Crippen LogP contribution is -2.16. The normalized spacial score (nSPS) is 13.0. The minimum absolute atomic E-state index is 0.185. The third kappa shape index (κ3) is 3.16. The summed E-state index contributed by atoms with van der Waals surface area (Å²) < 4.78 is 14.6. The first kappa shape index (κ1) is 15.7. The summed E-state index contributed by atoms with van der Waals surface area (Å²) >= 11 is 1.20. The van der Waals surface area contributed by atoms with Gasteiger partial charge in [-0.2, -0.15) is 0 Å². The number of aromatic nitrogens is 2. The highest BCUT2D eigenvalue weighted by Crippen LogP contribution is 2.38.